The molecule has 0 saturated heterocycles. The highest BCUT2D eigenvalue weighted by atomic mass is 32.9. The molecule has 0 radical (unpaired) electrons. The molecule has 3 aromatic carbocycles. The fourth-order valence-electron chi connectivity index (χ4n) is 3.15. The van der Waals surface area contributed by atoms with E-state index in [9.17, 15) is 0 Å². The second kappa shape index (κ2) is 8.57. The molecule has 0 amide bonds. The maximum Gasteiger partial charge on any atom is 0.196 e. The van der Waals surface area contributed by atoms with Gasteiger partial charge in [-0.2, -0.15) is 0 Å². The molecule has 0 spiro atoms. The van der Waals surface area contributed by atoms with Gasteiger partial charge in [-0.25, -0.2) is 0 Å². The van der Waals surface area contributed by atoms with Gasteiger partial charge >= 0.3 is 0 Å². The quantitative estimate of drug-likeness (QED) is 0.464. The Morgan fingerprint density at radius 1 is 0.929 bits per heavy atom. The number of hydrogen-bond donors (Lipinski definition) is 0. The molecule has 1 unspecified atom stereocenters. The Labute approximate surface area is 175 Å². The van der Waals surface area contributed by atoms with Gasteiger partial charge in [0.15, 0.2) is 5.47 Å². The summed E-state index contributed by atoms with van der Waals surface area (Å²) < 4.78 is 11.9. The zero-order valence-corrected chi connectivity index (χ0v) is 18.1. The largest absolute Gasteiger partial charge is 0.497 e. The Kier molecular flexibility index (Phi) is 5.91. The van der Waals surface area contributed by atoms with Crippen LogP contribution in [0.25, 0.3) is 5.57 Å². The summed E-state index contributed by atoms with van der Waals surface area (Å²) in [4.78, 5) is 0. The normalized spacial score (nSPS) is 19.2. The van der Waals surface area contributed by atoms with E-state index in [4.69, 9.17) is 21.1 Å². The highest BCUT2D eigenvalue weighted by molar-refractivity contribution is 8.71. The minimum atomic E-state index is -2.21. The van der Waals surface area contributed by atoms with E-state index < -0.39 is 5.47 Å². The lowest BCUT2D eigenvalue weighted by atomic mass is 10.0. The van der Waals surface area contributed by atoms with E-state index in [1.807, 2.05) is 36.4 Å². The van der Waals surface area contributed by atoms with Crippen molar-refractivity contribution in [2.75, 3.05) is 12.9 Å². The van der Waals surface area contributed by atoms with Crippen LogP contribution in [0.5, 0.6) is 5.75 Å². The average Bonchev–Trinajstić information content (AvgIpc) is 2.75. The molecular formula is C23H21O2PS2. The van der Waals surface area contributed by atoms with Gasteiger partial charge in [0.1, 0.15) is 11.5 Å². The Bertz CT molecular complexity index is 1020. The van der Waals surface area contributed by atoms with Crippen molar-refractivity contribution in [3.05, 3.63) is 102 Å². The van der Waals surface area contributed by atoms with Crippen LogP contribution in [0.2, 0.25) is 0 Å². The van der Waals surface area contributed by atoms with Gasteiger partial charge in [-0.1, -0.05) is 72.0 Å². The maximum absolute atomic E-state index is 6.63. The first kappa shape index (κ1) is 19.3. The number of ether oxygens (including phenoxy) is 1. The predicted octanol–water partition coefficient (Wildman–Crippen LogP) is 6.05. The van der Waals surface area contributed by atoms with Gasteiger partial charge in [0, 0.05) is 23.1 Å². The van der Waals surface area contributed by atoms with Gasteiger partial charge in [0.05, 0.1) is 7.11 Å². The van der Waals surface area contributed by atoms with E-state index in [0.29, 0.717) is 0 Å². The summed E-state index contributed by atoms with van der Waals surface area (Å²) >= 11 is 7.83. The molecule has 142 valence electrons. The Morgan fingerprint density at radius 2 is 1.57 bits per heavy atom. The minimum absolute atomic E-state index is 0.750. The van der Waals surface area contributed by atoms with Crippen LogP contribution in [-0.4, -0.2) is 12.9 Å². The molecule has 0 aliphatic carbocycles. The molecule has 0 bridgehead atoms. The third kappa shape index (κ3) is 4.20. The van der Waals surface area contributed by atoms with E-state index in [2.05, 4.69) is 48.5 Å². The summed E-state index contributed by atoms with van der Waals surface area (Å²) in [7, 11) is 1.67. The minimum Gasteiger partial charge on any atom is -0.497 e. The van der Waals surface area contributed by atoms with E-state index in [1.165, 1.54) is 16.7 Å². The van der Waals surface area contributed by atoms with Crippen molar-refractivity contribution >= 4 is 39.5 Å². The van der Waals surface area contributed by atoms with Crippen LogP contribution in [-0.2, 0) is 22.8 Å². The first-order valence-corrected chi connectivity index (χ1v) is 13.4. The summed E-state index contributed by atoms with van der Waals surface area (Å²) in [6.07, 6.45) is 0.750. The van der Waals surface area contributed by atoms with Crippen molar-refractivity contribution in [3.8, 4) is 5.75 Å². The Morgan fingerprint density at radius 3 is 2.21 bits per heavy atom. The van der Waals surface area contributed by atoms with Crippen molar-refractivity contribution in [1.82, 2.24) is 0 Å². The topological polar surface area (TPSA) is 18.5 Å². The van der Waals surface area contributed by atoms with Crippen LogP contribution in [0, 0.1) is 0 Å². The van der Waals surface area contributed by atoms with Crippen molar-refractivity contribution in [2.24, 2.45) is 0 Å². The molecule has 3 aromatic rings. The van der Waals surface area contributed by atoms with Crippen molar-refractivity contribution < 1.29 is 9.26 Å². The van der Waals surface area contributed by atoms with Gasteiger partial charge in [0.2, 0.25) is 0 Å². The van der Waals surface area contributed by atoms with Gasteiger partial charge in [0.25, 0.3) is 0 Å². The van der Waals surface area contributed by atoms with Gasteiger partial charge in [-0.15, -0.1) is 0 Å². The first-order valence-electron chi connectivity index (χ1n) is 9.08. The van der Waals surface area contributed by atoms with E-state index in [1.54, 1.807) is 18.5 Å². The van der Waals surface area contributed by atoms with Crippen LogP contribution in [0.1, 0.15) is 11.1 Å². The third-order valence-corrected chi connectivity index (χ3v) is 10.9. The van der Waals surface area contributed by atoms with Crippen LogP contribution in [0.4, 0.5) is 0 Å². The van der Waals surface area contributed by atoms with Crippen LogP contribution in [0.3, 0.4) is 0 Å². The van der Waals surface area contributed by atoms with E-state index in [0.717, 1.165) is 29.0 Å². The SMILES string of the molecule is COc1ccc(P2(=S)OC(Cc3ccccc3)=C(c3ccccc3)CS2)cc1. The zero-order valence-electron chi connectivity index (χ0n) is 15.6. The molecule has 0 fully saturated rings. The second-order valence-corrected chi connectivity index (χ2v) is 13.3. The molecule has 1 aliphatic heterocycles. The summed E-state index contributed by atoms with van der Waals surface area (Å²) in [5.74, 6) is 2.68. The number of benzene rings is 3. The van der Waals surface area contributed by atoms with Crippen LogP contribution < -0.4 is 10.0 Å². The van der Waals surface area contributed by atoms with Crippen LogP contribution >= 0.6 is 16.8 Å². The Balaban J connectivity index is 1.72. The lowest BCUT2D eigenvalue weighted by Crippen LogP contribution is -2.13. The lowest BCUT2D eigenvalue weighted by Gasteiger charge is -2.31. The highest BCUT2D eigenvalue weighted by Gasteiger charge is 2.31. The molecule has 2 nitrogen and oxygen atoms in total. The summed E-state index contributed by atoms with van der Waals surface area (Å²) in [5, 5.41) is 1.07. The molecule has 5 heteroatoms. The van der Waals surface area contributed by atoms with Crippen molar-refractivity contribution in [2.45, 2.75) is 6.42 Å². The summed E-state index contributed by atoms with van der Waals surface area (Å²) in [6.45, 7) is 0. The van der Waals surface area contributed by atoms with Gasteiger partial charge in [-0.05, 0) is 47.2 Å². The molecule has 0 N–H and O–H groups in total. The monoisotopic (exact) mass is 424 g/mol. The molecule has 0 aromatic heterocycles. The fraction of sp³-hybridized carbons (Fsp3) is 0.130. The summed E-state index contributed by atoms with van der Waals surface area (Å²) in [6, 6.07) is 28.9. The van der Waals surface area contributed by atoms with E-state index >= 15 is 0 Å². The Hall–Kier alpha value is -2.00. The van der Waals surface area contributed by atoms with Crippen LogP contribution in [0.15, 0.2) is 90.7 Å². The lowest BCUT2D eigenvalue weighted by molar-refractivity contribution is 0.415. The van der Waals surface area contributed by atoms with E-state index in [-0.39, 0.29) is 0 Å². The molecule has 1 heterocycles. The number of rotatable bonds is 5. The fourth-order valence-corrected chi connectivity index (χ4v) is 8.31. The molecule has 28 heavy (non-hydrogen) atoms. The summed E-state index contributed by atoms with van der Waals surface area (Å²) in [5.41, 5.74) is 1.46. The molecule has 0 saturated carbocycles. The number of methoxy groups -OCH3 is 1. The first-order chi connectivity index (χ1) is 13.7. The smallest absolute Gasteiger partial charge is 0.196 e. The standard InChI is InChI=1S/C23H21O2PS2/c1-24-20-12-14-21(15-13-20)26(27)25-23(16-18-8-4-2-5-9-18)22(17-28-26)19-10-6-3-7-11-19/h2-15H,16-17H2,1H3. The van der Waals surface area contributed by atoms with Crippen molar-refractivity contribution in [3.63, 3.8) is 0 Å². The predicted molar refractivity (Wildman–Crippen MR) is 124 cm³/mol. The maximum atomic E-state index is 6.63. The average molecular weight is 425 g/mol. The second-order valence-electron chi connectivity index (χ2n) is 6.49. The van der Waals surface area contributed by atoms with Crippen molar-refractivity contribution in [1.29, 1.82) is 0 Å². The molecule has 1 aliphatic rings. The number of allylic oxidation sites excluding steroid dienone is 1. The highest BCUT2D eigenvalue weighted by Crippen LogP contribution is 2.64. The molecule has 4 rings (SSSR count). The third-order valence-electron chi connectivity index (χ3n) is 4.66. The zero-order chi connectivity index (χ0) is 19.4. The number of hydrogen-bond acceptors (Lipinski definition) is 4. The molecular weight excluding hydrogens is 403 g/mol. The molecule has 1 atom stereocenters. The van der Waals surface area contributed by atoms with Gasteiger partial charge in [-0.3, -0.25) is 0 Å². The van der Waals surface area contributed by atoms with Gasteiger partial charge < -0.3 is 9.26 Å².